The molecule has 0 saturated carbocycles. The van der Waals surface area contributed by atoms with Crippen LogP contribution in [0.4, 0.5) is 10.5 Å². The van der Waals surface area contributed by atoms with Gasteiger partial charge in [0, 0.05) is 11.6 Å². The van der Waals surface area contributed by atoms with Crippen LogP contribution in [0.3, 0.4) is 0 Å². The van der Waals surface area contributed by atoms with Gasteiger partial charge in [-0.25, -0.2) is 4.79 Å². The van der Waals surface area contributed by atoms with E-state index < -0.39 is 5.60 Å². The molecule has 24 heavy (non-hydrogen) atoms. The lowest BCUT2D eigenvalue weighted by atomic mass is 9.88. The van der Waals surface area contributed by atoms with Crippen LogP contribution < -0.4 is 4.90 Å². The number of anilines is 1. The number of amides is 1. The molecule has 4 heteroatoms. The lowest BCUT2D eigenvalue weighted by Crippen LogP contribution is -2.45. The van der Waals surface area contributed by atoms with E-state index in [-0.39, 0.29) is 12.1 Å². The first-order valence-corrected chi connectivity index (χ1v) is 9.06. The molecular weight excluding hydrogens is 322 g/mol. The normalized spacial score (nSPS) is 19.2. The molecule has 0 N–H and O–H groups in total. The smallest absolute Gasteiger partial charge is 0.415 e. The first-order chi connectivity index (χ1) is 11.3. The number of fused-ring (bicyclic) bond motifs is 1. The van der Waals surface area contributed by atoms with E-state index in [1.807, 2.05) is 50.8 Å². The SMILES string of the molecule is CC[C@@H](C/C(C)=C/Cl)[C@H]1Cc2ccccc2N1C(=O)OC(C)(C)C. The van der Waals surface area contributed by atoms with Crippen molar-refractivity contribution < 1.29 is 9.53 Å². The number of hydrogen-bond donors (Lipinski definition) is 0. The molecule has 1 aliphatic heterocycles. The average Bonchev–Trinajstić information content (AvgIpc) is 2.89. The van der Waals surface area contributed by atoms with Gasteiger partial charge in [-0.1, -0.05) is 48.7 Å². The average molecular weight is 350 g/mol. The zero-order valence-electron chi connectivity index (χ0n) is 15.3. The van der Waals surface area contributed by atoms with Gasteiger partial charge in [-0.05, 0) is 58.1 Å². The van der Waals surface area contributed by atoms with Gasteiger partial charge >= 0.3 is 6.09 Å². The molecule has 1 aromatic rings. The van der Waals surface area contributed by atoms with Crippen molar-refractivity contribution in [2.75, 3.05) is 4.90 Å². The van der Waals surface area contributed by atoms with Crippen LogP contribution in [0.5, 0.6) is 0 Å². The highest BCUT2D eigenvalue weighted by molar-refractivity contribution is 6.25. The Bertz CT molecular complexity index is 618. The van der Waals surface area contributed by atoms with Gasteiger partial charge in [-0.3, -0.25) is 4.90 Å². The molecule has 0 unspecified atom stereocenters. The minimum atomic E-state index is -0.507. The molecule has 0 fully saturated rings. The number of rotatable bonds is 4. The number of carbonyl (C=O) groups excluding carboxylic acids is 1. The molecule has 1 amide bonds. The van der Waals surface area contributed by atoms with Gasteiger partial charge in [0.05, 0.1) is 5.69 Å². The summed E-state index contributed by atoms with van der Waals surface area (Å²) < 4.78 is 5.68. The minimum absolute atomic E-state index is 0.105. The van der Waals surface area contributed by atoms with Gasteiger partial charge in [0.15, 0.2) is 0 Å². The summed E-state index contributed by atoms with van der Waals surface area (Å²) in [6.45, 7) is 9.91. The van der Waals surface area contributed by atoms with Crippen LogP contribution in [0.25, 0.3) is 0 Å². The van der Waals surface area contributed by atoms with Crippen molar-refractivity contribution in [2.45, 2.75) is 65.5 Å². The summed E-state index contributed by atoms with van der Waals surface area (Å²) in [5.41, 5.74) is 4.46. The predicted octanol–water partition coefficient (Wildman–Crippen LogP) is 5.91. The molecule has 0 saturated heterocycles. The maximum Gasteiger partial charge on any atom is 0.415 e. The van der Waals surface area contributed by atoms with Crippen LogP contribution in [0.1, 0.15) is 53.0 Å². The molecule has 132 valence electrons. The van der Waals surface area contributed by atoms with Crippen LogP contribution in [-0.4, -0.2) is 17.7 Å². The standard InChI is InChI=1S/C20H28ClNO2/c1-6-15(11-14(2)13-21)18-12-16-9-7-8-10-17(16)22(18)19(23)24-20(3,4)5/h7-10,13,15,18H,6,11-12H2,1-5H3/b14-13+/t15-,18+/m0/s1. The van der Waals surface area contributed by atoms with Crippen LogP contribution >= 0.6 is 11.6 Å². The highest BCUT2D eigenvalue weighted by Gasteiger charge is 2.39. The lowest BCUT2D eigenvalue weighted by molar-refractivity contribution is 0.0558. The third-order valence-corrected chi connectivity index (χ3v) is 4.81. The Labute approximate surface area is 150 Å². The fraction of sp³-hybridized carbons (Fsp3) is 0.550. The number of ether oxygens (including phenoxy) is 1. The quantitative estimate of drug-likeness (QED) is 0.676. The summed E-state index contributed by atoms with van der Waals surface area (Å²) in [5.74, 6) is 0.347. The topological polar surface area (TPSA) is 29.5 Å². The fourth-order valence-electron chi connectivity index (χ4n) is 3.35. The first-order valence-electron chi connectivity index (χ1n) is 8.62. The zero-order chi connectivity index (χ0) is 17.9. The largest absolute Gasteiger partial charge is 0.443 e. The molecular formula is C20H28ClNO2. The second-order valence-corrected chi connectivity index (χ2v) is 7.80. The monoisotopic (exact) mass is 349 g/mol. The van der Waals surface area contributed by atoms with Crippen molar-refractivity contribution in [3.05, 3.63) is 40.9 Å². The number of halogens is 1. The van der Waals surface area contributed by atoms with Crippen LogP contribution in [0.2, 0.25) is 0 Å². The number of nitrogens with zero attached hydrogens (tertiary/aromatic N) is 1. The van der Waals surface area contributed by atoms with E-state index in [0.29, 0.717) is 5.92 Å². The fourth-order valence-corrected chi connectivity index (χ4v) is 3.44. The Morgan fingerprint density at radius 1 is 1.42 bits per heavy atom. The van der Waals surface area contributed by atoms with Gasteiger partial charge < -0.3 is 4.74 Å². The Hall–Kier alpha value is -1.48. The summed E-state index contributed by atoms with van der Waals surface area (Å²) in [4.78, 5) is 14.7. The summed E-state index contributed by atoms with van der Waals surface area (Å²) in [7, 11) is 0. The number of para-hydroxylation sites is 1. The molecule has 0 spiro atoms. The van der Waals surface area contributed by atoms with Crippen molar-refractivity contribution >= 4 is 23.4 Å². The number of benzene rings is 1. The zero-order valence-corrected chi connectivity index (χ0v) is 16.1. The van der Waals surface area contributed by atoms with E-state index >= 15 is 0 Å². The lowest BCUT2D eigenvalue weighted by Gasteiger charge is -2.33. The molecule has 1 aromatic carbocycles. The van der Waals surface area contributed by atoms with E-state index in [9.17, 15) is 4.79 Å². The van der Waals surface area contributed by atoms with Crippen LogP contribution in [0.15, 0.2) is 35.4 Å². The maximum atomic E-state index is 12.9. The van der Waals surface area contributed by atoms with E-state index in [1.165, 1.54) is 5.56 Å². The second-order valence-electron chi connectivity index (χ2n) is 7.58. The summed E-state index contributed by atoms with van der Waals surface area (Å²) in [6.07, 6.45) is 2.48. The van der Waals surface area contributed by atoms with Gasteiger partial charge in [-0.15, -0.1) is 0 Å². The summed E-state index contributed by atoms with van der Waals surface area (Å²) >= 11 is 5.87. The minimum Gasteiger partial charge on any atom is -0.443 e. The van der Waals surface area contributed by atoms with Crippen molar-refractivity contribution in [1.82, 2.24) is 0 Å². The molecule has 2 atom stereocenters. The molecule has 0 aromatic heterocycles. The Morgan fingerprint density at radius 2 is 2.08 bits per heavy atom. The number of hydrogen-bond acceptors (Lipinski definition) is 2. The number of allylic oxidation sites excluding steroid dienone is 1. The first kappa shape index (κ1) is 18.9. The number of carbonyl (C=O) groups is 1. The van der Waals surface area contributed by atoms with E-state index in [2.05, 4.69) is 13.0 Å². The van der Waals surface area contributed by atoms with Gasteiger partial charge in [-0.2, -0.15) is 0 Å². The summed E-state index contributed by atoms with van der Waals surface area (Å²) in [5, 5.41) is 0. The van der Waals surface area contributed by atoms with Crippen molar-refractivity contribution in [1.29, 1.82) is 0 Å². The maximum absolute atomic E-state index is 12.9. The Balaban J connectivity index is 2.34. The highest BCUT2D eigenvalue weighted by atomic mass is 35.5. The van der Waals surface area contributed by atoms with Gasteiger partial charge in [0.1, 0.15) is 5.60 Å². The van der Waals surface area contributed by atoms with E-state index in [1.54, 1.807) is 5.54 Å². The second kappa shape index (κ2) is 7.60. The molecule has 0 radical (unpaired) electrons. The van der Waals surface area contributed by atoms with E-state index in [4.69, 9.17) is 16.3 Å². The van der Waals surface area contributed by atoms with Gasteiger partial charge in [0.2, 0.25) is 0 Å². The van der Waals surface area contributed by atoms with Crippen LogP contribution in [0, 0.1) is 5.92 Å². The van der Waals surface area contributed by atoms with Crippen molar-refractivity contribution in [3.63, 3.8) is 0 Å². The van der Waals surface area contributed by atoms with Crippen molar-refractivity contribution in [2.24, 2.45) is 5.92 Å². The molecule has 0 bridgehead atoms. The Kier molecular flexibility index (Phi) is 5.97. The van der Waals surface area contributed by atoms with Crippen LogP contribution in [-0.2, 0) is 11.2 Å². The molecule has 0 aliphatic carbocycles. The molecule has 1 heterocycles. The van der Waals surface area contributed by atoms with Gasteiger partial charge in [0.25, 0.3) is 0 Å². The third kappa shape index (κ3) is 4.32. The molecule has 2 rings (SSSR count). The van der Waals surface area contributed by atoms with E-state index in [0.717, 1.165) is 30.5 Å². The highest BCUT2D eigenvalue weighted by Crippen LogP contribution is 2.38. The molecule has 3 nitrogen and oxygen atoms in total. The third-order valence-electron chi connectivity index (χ3n) is 4.44. The predicted molar refractivity (Wildman–Crippen MR) is 101 cm³/mol. The Morgan fingerprint density at radius 3 is 2.67 bits per heavy atom. The molecule has 1 aliphatic rings. The van der Waals surface area contributed by atoms with Crippen molar-refractivity contribution in [3.8, 4) is 0 Å². The summed E-state index contributed by atoms with van der Waals surface area (Å²) in [6, 6.07) is 8.22.